The summed E-state index contributed by atoms with van der Waals surface area (Å²) in [4.78, 5) is 0. The van der Waals surface area contributed by atoms with Crippen molar-refractivity contribution in [2.24, 2.45) is 5.73 Å². The average Bonchev–Trinajstić information content (AvgIpc) is 1.81. The molecular formula is C6H12ClN. The molecule has 2 N–H and O–H groups in total. The van der Waals surface area contributed by atoms with E-state index in [2.05, 4.69) is 0 Å². The summed E-state index contributed by atoms with van der Waals surface area (Å²) >= 11 is 5.27. The molecule has 0 saturated heterocycles. The van der Waals surface area contributed by atoms with Gasteiger partial charge in [0.1, 0.15) is 0 Å². The number of hydrogen-bond donors (Lipinski definition) is 1. The Morgan fingerprint density at radius 3 is 2.62 bits per heavy atom. The quantitative estimate of drug-likeness (QED) is 0.583. The van der Waals surface area contributed by atoms with Gasteiger partial charge in [0, 0.05) is 5.54 Å². The van der Waals surface area contributed by atoms with Crippen LogP contribution in [0.5, 0.6) is 0 Å². The van der Waals surface area contributed by atoms with Gasteiger partial charge in [0.05, 0.1) is 0 Å². The Bertz CT molecular complexity index is 61.5. The van der Waals surface area contributed by atoms with Gasteiger partial charge in [-0.25, -0.2) is 0 Å². The van der Waals surface area contributed by atoms with Crippen molar-refractivity contribution in [3.63, 3.8) is 0 Å². The van der Waals surface area contributed by atoms with E-state index in [1.807, 2.05) is 6.08 Å². The van der Waals surface area contributed by atoms with E-state index in [4.69, 9.17) is 17.3 Å². The molecule has 0 bridgehead atoms. The second-order valence-electron chi connectivity index (χ2n) is 1.65. The van der Waals surface area contributed by atoms with E-state index in [0.717, 1.165) is 25.8 Å². The molecule has 0 aliphatic heterocycles. The molecule has 0 aromatic carbocycles. The summed E-state index contributed by atoms with van der Waals surface area (Å²) in [5.41, 5.74) is 6.81. The molecule has 0 fully saturated rings. The third-order valence-electron chi connectivity index (χ3n) is 0.914. The lowest BCUT2D eigenvalue weighted by Gasteiger charge is -1.88. The summed E-state index contributed by atoms with van der Waals surface area (Å²) in [6, 6.07) is 0. The third-order valence-corrected chi connectivity index (χ3v) is 1.09. The van der Waals surface area contributed by atoms with Crippen molar-refractivity contribution >= 4 is 11.6 Å². The standard InChI is InChI=1S/C6H12ClN/c7-5-3-1-2-4-6-8/h3,5H,1-2,4,6,8H2. The molecule has 0 spiro atoms. The minimum atomic E-state index is 0.788. The maximum atomic E-state index is 5.27. The van der Waals surface area contributed by atoms with Gasteiger partial charge in [-0.1, -0.05) is 17.7 Å². The Labute approximate surface area is 55.5 Å². The van der Waals surface area contributed by atoms with Gasteiger partial charge < -0.3 is 5.73 Å². The van der Waals surface area contributed by atoms with Crippen LogP contribution in [-0.4, -0.2) is 6.54 Å². The molecule has 48 valence electrons. The summed E-state index contributed by atoms with van der Waals surface area (Å²) in [6.45, 7) is 0.788. The number of allylic oxidation sites excluding steroid dienone is 1. The Kier molecular flexibility index (Phi) is 6.98. The van der Waals surface area contributed by atoms with Crippen LogP contribution < -0.4 is 5.73 Å². The van der Waals surface area contributed by atoms with E-state index >= 15 is 0 Å². The first-order valence-electron chi connectivity index (χ1n) is 2.87. The normalized spacial score (nSPS) is 10.8. The van der Waals surface area contributed by atoms with E-state index in [1.54, 1.807) is 5.54 Å². The highest BCUT2D eigenvalue weighted by Crippen LogP contribution is 1.94. The maximum Gasteiger partial charge on any atom is 0.000245 e. The van der Waals surface area contributed by atoms with Crippen LogP contribution in [0.25, 0.3) is 0 Å². The van der Waals surface area contributed by atoms with Crippen LogP contribution in [0.2, 0.25) is 0 Å². The summed E-state index contributed by atoms with van der Waals surface area (Å²) < 4.78 is 0. The lowest BCUT2D eigenvalue weighted by molar-refractivity contribution is 0.759. The minimum Gasteiger partial charge on any atom is -0.330 e. The highest BCUT2D eigenvalue weighted by molar-refractivity contribution is 6.25. The van der Waals surface area contributed by atoms with Gasteiger partial charge in [0.25, 0.3) is 0 Å². The van der Waals surface area contributed by atoms with E-state index in [9.17, 15) is 0 Å². The van der Waals surface area contributed by atoms with Crippen molar-refractivity contribution < 1.29 is 0 Å². The van der Waals surface area contributed by atoms with Gasteiger partial charge >= 0.3 is 0 Å². The molecule has 0 unspecified atom stereocenters. The summed E-state index contributed by atoms with van der Waals surface area (Å²) in [5, 5.41) is 0. The van der Waals surface area contributed by atoms with Crippen molar-refractivity contribution in [3.8, 4) is 0 Å². The minimum absolute atomic E-state index is 0.788. The fourth-order valence-electron chi connectivity index (χ4n) is 0.470. The Hall–Kier alpha value is -0.0100. The topological polar surface area (TPSA) is 26.0 Å². The molecule has 0 radical (unpaired) electrons. The van der Waals surface area contributed by atoms with E-state index < -0.39 is 0 Å². The van der Waals surface area contributed by atoms with Crippen molar-refractivity contribution in [1.29, 1.82) is 0 Å². The summed E-state index contributed by atoms with van der Waals surface area (Å²) in [6.07, 6.45) is 5.25. The predicted octanol–water partition coefficient (Wildman–Crippen LogP) is 1.87. The van der Waals surface area contributed by atoms with E-state index in [-0.39, 0.29) is 0 Å². The Morgan fingerprint density at radius 1 is 1.38 bits per heavy atom. The van der Waals surface area contributed by atoms with Crippen LogP contribution in [0.15, 0.2) is 11.6 Å². The van der Waals surface area contributed by atoms with Crippen LogP contribution >= 0.6 is 11.6 Å². The Balaban J connectivity index is 2.72. The first-order chi connectivity index (χ1) is 3.91. The highest BCUT2D eigenvalue weighted by atomic mass is 35.5. The SMILES string of the molecule is NCCCCC=CCl. The van der Waals surface area contributed by atoms with Crippen molar-refractivity contribution in [3.05, 3.63) is 11.6 Å². The zero-order valence-electron chi connectivity index (χ0n) is 4.94. The first-order valence-corrected chi connectivity index (χ1v) is 3.30. The molecule has 0 aliphatic carbocycles. The smallest absolute Gasteiger partial charge is 0.000245 e. The first kappa shape index (κ1) is 7.99. The van der Waals surface area contributed by atoms with E-state index in [0.29, 0.717) is 0 Å². The second kappa shape index (κ2) is 6.99. The molecule has 0 aromatic heterocycles. The van der Waals surface area contributed by atoms with Gasteiger partial charge in [-0.2, -0.15) is 0 Å². The molecule has 0 saturated carbocycles. The van der Waals surface area contributed by atoms with Crippen molar-refractivity contribution in [2.45, 2.75) is 19.3 Å². The number of unbranched alkanes of at least 4 members (excludes halogenated alkanes) is 2. The van der Waals surface area contributed by atoms with E-state index in [1.165, 1.54) is 0 Å². The van der Waals surface area contributed by atoms with Crippen LogP contribution in [0, 0.1) is 0 Å². The van der Waals surface area contributed by atoms with Gasteiger partial charge in [-0.05, 0) is 25.8 Å². The summed E-state index contributed by atoms with van der Waals surface area (Å²) in [7, 11) is 0. The van der Waals surface area contributed by atoms with Crippen LogP contribution in [-0.2, 0) is 0 Å². The largest absolute Gasteiger partial charge is 0.330 e. The van der Waals surface area contributed by atoms with Gasteiger partial charge in [-0.3, -0.25) is 0 Å². The molecule has 0 amide bonds. The second-order valence-corrected chi connectivity index (χ2v) is 1.90. The molecular weight excluding hydrogens is 122 g/mol. The molecule has 1 nitrogen and oxygen atoms in total. The highest BCUT2D eigenvalue weighted by Gasteiger charge is 1.78. The molecule has 0 atom stereocenters. The van der Waals surface area contributed by atoms with Crippen molar-refractivity contribution in [2.75, 3.05) is 6.54 Å². The van der Waals surface area contributed by atoms with Gasteiger partial charge in [-0.15, -0.1) is 0 Å². The monoisotopic (exact) mass is 133 g/mol. The maximum absolute atomic E-state index is 5.27. The average molecular weight is 134 g/mol. The lowest BCUT2D eigenvalue weighted by Crippen LogP contribution is -1.96. The number of hydrogen-bond acceptors (Lipinski definition) is 1. The van der Waals surface area contributed by atoms with Gasteiger partial charge in [0.2, 0.25) is 0 Å². The molecule has 8 heavy (non-hydrogen) atoms. The van der Waals surface area contributed by atoms with Crippen LogP contribution in [0.4, 0.5) is 0 Å². The number of nitrogens with two attached hydrogens (primary N) is 1. The zero-order chi connectivity index (χ0) is 6.24. The molecule has 0 aromatic rings. The molecule has 0 rings (SSSR count). The Morgan fingerprint density at radius 2 is 2.12 bits per heavy atom. The number of halogens is 1. The van der Waals surface area contributed by atoms with Crippen LogP contribution in [0.1, 0.15) is 19.3 Å². The van der Waals surface area contributed by atoms with Gasteiger partial charge in [0.15, 0.2) is 0 Å². The molecule has 0 heterocycles. The lowest BCUT2D eigenvalue weighted by atomic mass is 10.2. The third kappa shape index (κ3) is 5.99. The zero-order valence-corrected chi connectivity index (χ0v) is 5.69. The molecule has 2 heteroatoms. The van der Waals surface area contributed by atoms with Crippen LogP contribution in [0.3, 0.4) is 0 Å². The fourth-order valence-corrected chi connectivity index (χ4v) is 0.596. The predicted molar refractivity (Wildman–Crippen MR) is 37.9 cm³/mol. The fraction of sp³-hybridized carbons (Fsp3) is 0.667. The number of rotatable bonds is 4. The molecule has 0 aliphatic rings. The van der Waals surface area contributed by atoms with Crippen molar-refractivity contribution in [1.82, 2.24) is 0 Å². The summed E-state index contributed by atoms with van der Waals surface area (Å²) in [5.74, 6) is 0.